The van der Waals surface area contributed by atoms with Gasteiger partial charge < -0.3 is 10.2 Å². The summed E-state index contributed by atoms with van der Waals surface area (Å²) in [7, 11) is 0.278. The summed E-state index contributed by atoms with van der Waals surface area (Å²) in [6.07, 6.45) is 1.60. The standard InChI is InChI=1S/C22H29N3O3S/c1-18-9-11-19(12-10-18)14-16-29(27,28)23-15-13-22(26)24-21(17-25(2)3)20-7-5-4-6-8-20/h4-12,14,16,21,23H,13,15,17H2,1-3H3,(H,24,26)/b16-14+/t21-/m1/s1. The van der Waals surface area contributed by atoms with Crippen LogP contribution in [-0.2, 0) is 14.8 Å². The smallest absolute Gasteiger partial charge is 0.233 e. The summed E-state index contributed by atoms with van der Waals surface area (Å²) in [6.45, 7) is 2.66. The highest BCUT2D eigenvalue weighted by atomic mass is 32.2. The molecular formula is C22H29N3O3S. The normalized spacial score (nSPS) is 13.0. The summed E-state index contributed by atoms with van der Waals surface area (Å²) in [5.41, 5.74) is 2.92. The predicted octanol–water partition coefficient (Wildman–Crippen LogP) is 2.69. The van der Waals surface area contributed by atoms with Crippen LogP contribution in [0.3, 0.4) is 0 Å². The van der Waals surface area contributed by atoms with Crippen molar-refractivity contribution >= 4 is 22.0 Å². The number of aryl methyl sites for hydroxylation is 1. The number of amides is 1. The van der Waals surface area contributed by atoms with Crippen molar-refractivity contribution in [1.29, 1.82) is 0 Å². The second-order valence-corrected chi connectivity index (χ2v) is 8.85. The second-order valence-electron chi connectivity index (χ2n) is 7.20. The second kappa shape index (κ2) is 10.9. The Morgan fingerprint density at radius 3 is 2.34 bits per heavy atom. The summed E-state index contributed by atoms with van der Waals surface area (Å²) < 4.78 is 26.6. The van der Waals surface area contributed by atoms with Gasteiger partial charge in [0.25, 0.3) is 0 Å². The number of hydrogen-bond donors (Lipinski definition) is 2. The maximum atomic E-state index is 12.3. The number of carbonyl (C=O) groups excluding carboxylic acids is 1. The lowest BCUT2D eigenvalue weighted by molar-refractivity contribution is -0.121. The van der Waals surface area contributed by atoms with E-state index in [1.807, 2.05) is 80.5 Å². The molecule has 2 aromatic carbocycles. The molecule has 1 atom stereocenters. The molecule has 2 N–H and O–H groups in total. The lowest BCUT2D eigenvalue weighted by Crippen LogP contribution is -2.37. The van der Waals surface area contributed by atoms with Gasteiger partial charge in [-0.2, -0.15) is 0 Å². The lowest BCUT2D eigenvalue weighted by Gasteiger charge is -2.23. The third kappa shape index (κ3) is 8.60. The highest BCUT2D eigenvalue weighted by Gasteiger charge is 2.15. The minimum absolute atomic E-state index is 0.0376. The third-order valence-electron chi connectivity index (χ3n) is 4.26. The summed E-state index contributed by atoms with van der Waals surface area (Å²) >= 11 is 0. The first-order valence-electron chi connectivity index (χ1n) is 9.48. The minimum Gasteiger partial charge on any atom is -0.348 e. The Morgan fingerprint density at radius 1 is 1.07 bits per heavy atom. The number of nitrogens with zero attached hydrogens (tertiary/aromatic N) is 1. The van der Waals surface area contributed by atoms with E-state index in [9.17, 15) is 13.2 Å². The molecule has 0 unspecified atom stereocenters. The zero-order valence-electron chi connectivity index (χ0n) is 17.1. The highest BCUT2D eigenvalue weighted by Crippen LogP contribution is 2.13. The van der Waals surface area contributed by atoms with E-state index in [0.29, 0.717) is 6.54 Å². The number of benzene rings is 2. The van der Waals surface area contributed by atoms with Crippen molar-refractivity contribution in [2.45, 2.75) is 19.4 Å². The zero-order valence-corrected chi connectivity index (χ0v) is 17.9. The predicted molar refractivity (Wildman–Crippen MR) is 118 cm³/mol. The quantitative estimate of drug-likeness (QED) is 0.625. The van der Waals surface area contributed by atoms with Gasteiger partial charge in [-0.15, -0.1) is 0 Å². The first-order valence-corrected chi connectivity index (χ1v) is 11.0. The van der Waals surface area contributed by atoms with E-state index in [2.05, 4.69) is 10.0 Å². The molecule has 2 aromatic rings. The number of likely N-dealkylation sites (N-methyl/N-ethyl adjacent to an activating group) is 1. The molecule has 1 amide bonds. The summed E-state index contributed by atoms with van der Waals surface area (Å²) in [5, 5.41) is 4.10. The largest absolute Gasteiger partial charge is 0.348 e. The van der Waals surface area contributed by atoms with Gasteiger partial charge in [0.05, 0.1) is 6.04 Å². The molecule has 156 valence electrons. The van der Waals surface area contributed by atoms with Crippen LogP contribution in [0.15, 0.2) is 60.0 Å². The fourth-order valence-electron chi connectivity index (χ4n) is 2.75. The Balaban J connectivity index is 1.86. The molecule has 0 heterocycles. The van der Waals surface area contributed by atoms with Gasteiger partial charge in [0.2, 0.25) is 15.9 Å². The molecule has 0 saturated heterocycles. The molecule has 2 rings (SSSR count). The van der Waals surface area contributed by atoms with Crippen molar-refractivity contribution in [3.63, 3.8) is 0 Å². The van der Waals surface area contributed by atoms with Crippen LogP contribution in [0, 0.1) is 6.92 Å². The van der Waals surface area contributed by atoms with Crippen molar-refractivity contribution in [2.24, 2.45) is 0 Å². The Morgan fingerprint density at radius 2 is 1.72 bits per heavy atom. The van der Waals surface area contributed by atoms with Crippen LogP contribution in [0.5, 0.6) is 0 Å². The molecular weight excluding hydrogens is 386 g/mol. The van der Waals surface area contributed by atoms with Crippen molar-refractivity contribution in [1.82, 2.24) is 14.9 Å². The summed E-state index contributed by atoms with van der Waals surface area (Å²) in [5.74, 6) is -0.203. The van der Waals surface area contributed by atoms with Gasteiger partial charge in [0, 0.05) is 24.9 Å². The molecule has 0 fully saturated rings. The number of sulfonamides is 1. The maximum Gasteiger partial charge on any atom is 0.233 e. The summed E-state index contributed by atoms with van der Waals surface area (Å²) in [6, 6.07) is 17.1. The third-order valence-corrected chi connectivity index (χ3v) is 5.36. The van der Waals surface area contributed by atoms with Gasteiger partial charge in [-0.05, 0) is 38.2 Å². The molecule has 0 radical (unpaired) electrons. The maximum absolute atomic E-state index is 12.3. The lowest BCUT2D eigenvalue weighted by atomic mass is 10.1. The van der Waals surface area contributed by atoms with Crippen LogP contribution in [0.4, 0.5) is 0 Å². The van der Waals surface area contributed by atoms with Gasteiger partial charge in [-0.3, -0.25) is 4.79 Å². The van der Waals surface area contributed by atoms with E-state index in [-0.39, 0.29) is 24.9 Å². The molecule has 7 heteroatoms. The first kappa shape index (κ1) is 22.8. The molecule has 0 aliphatic heterocycles. The van der Waals surface area contributed by atoms with E-state index in [1.165, 1.54) is 6.08 Å². The SMILES string of the molecule is Cc1ccc(/C=C/S(=O)(=O)NCCC(=O)N[C@H](CN(C)C)c2ccccc2)cc1. The highest BCUT2D eigenvalue weighted by molar-refractivity contribution is 7.92. The monoisotopic (exact) mass is 415 g/mol. The van der Waals surface area contributed by atoms with E-state index >= 15 is 0 Å². The molecule has 0 spiro atoms. The average Bonchev–Trinajstić information content (AvgIpc) is 2.67. The Hall–Kier alpha value is -2.48. The fourth-order valence-corrected chi connectivity index (χ4v) is 3.57. The molecule has 6 nitrogen and oxygen atoms in total. The Labute approximate surface area is 173 Å². The number of hydrogen-bond acceptors (Lipinski definition) is 4. The first-order chi connectivity index (χ1) is 13.7. The van der Waals surface area contributed by atoms with Gasteiger partial charge >= 0.3 is 0 Å². The van der Waals surface area contributed by atoms with Crippen LogP contribution < -0.4 is 10.0 Å². The minimum atomic E-state index is -3.60. The van der Waals surface area contributed by atoms with Gasteiger partial charge in [0.15, 0.2) is 0 Å². The van der Waals surface area contributed by atoms with Gasteiger partial charge in [0.1, 0.15) is 0 Å². The van der Waals surface area contributed by atoms with Crippen molar-refractivity contribution < 1.29 is 13.2 Å². The number of nitrogens with one attached hydrogen (secondary N) is 2. The Kier molecular flexibility index (Phi) is 8.57. The number of carbonyl (C=O) groups is 1. The van der Waals surface area contributed by atoms with E-state index in [0.717, 1.165) is 22.1 Å². The molecule has 0 bridgehead atoms. The molecule has 29 heavy (non-hydrogen) atoms. The van der Waals surface area contributed by atoms with Crippen LogP contribution in [0.1, 0.15) is 29.2 Å². The zero-order chi connectivity index (χ0) is 21.3. The van der Waals surface area contributed by atoms with Gasteiger partial charge in [-0.1, -0.05) is 60.2 Å². The average molecular weight is 416 g/mol. The fraction of sp³-hybridized carbons (Fsp3) is 0.318. The topological polar surface area (TPSA) is 78.5 Å². The van der Waals surface area contributed by atoms with E-state index < -0.39 is 10.0 Å². The van der Waals surface area contributed by atoms with Crippen molar-refractivity contribution in [3.8, 4) is 0 Å². The van der Waals surface area contributed by atoms with Crippen LogP contribution in [0.25, 0.3) is 6.08 Å². The van der Waals surface area contributed by atoms with Gasteiger partial charge in [-0.25, -0.2) is 13.1 Å². The van der Waals surface area contributed by atoms with E-state index in [1.54, 1.807) is 0 Å². The van der Waals surface area contributed by atoms with Crippen molar-refractivity contribution in [2.75, 3.05) is 27.2 Å². The number of rotatable bonds is 10. The van der Waals surface area contributed by atoms with E-state index in [4.69, 9.17) is 0 Å². The van der Waals surface area contributed by atoms with Crippen LogP contribution >= 0.6 is 0 Å². The molecule has 0 aromatic heterocycles. The van der Waals surface area contributed by atoms with Crippen LogP contribution in [0.2, 0.25) is 0 Å². The summed E-state index contributed by atoms with van der Waals surface area (Å²) in [4.78, 5) is 14.3. The van der Waals surface area contributed by atoms with Crippen molar-refractivity contribution in [3.05, 3.63) is 76.7 Å². The van der Waals surface area contributed by atoms with Crippen LogP contribution in [-0.4, -0.2) is 46.4 Å². The Bertz CT molecular complexity index is 908. The molecule has 0 saturated carbocycles. The molecule has 0 aliphatic rings. The molecule has 0 aliphatic carbocycles.